The molecule has 0 radical (unpaired) electrons. The normalized spacial score (nSPS) is 20.0. The molecule has 0 fully saturated rings. The fraction of sp³-hybridized carbons (Fsp3) is 0.200. The molecule has 2 N–H and O–H groups in total. The highest BCUT2D eigenvalue weighted by Crippen LogP contribution is 2.22. The molecule has 1 aliphatic heterocycles. The number of rotatable bonds is 0. The summed E-state index contributed by atoms with van der Waals surface area (Å²) in [5.74, 6) is -0.525. The SMILES string of the molecule is CC1NC(=O)c2cc(Cl)ccc2NC1=O. The van der Waals surface area contributed by atoms with Gasteiger partial charge in [0.1, 0.15) is 6.04 Å². The minimum Gasteiger partial charge on any atom is -0.340 e. The smallest absolute Gasteiger partial charge is 0.254 e. The number of halogens is 1. The molecule has 1 aliphatic rings. The first-order valence-corrected chi connectivity index (χ1v) is 4.87. The van der Waals surface area contributed by atoms with Gasteiger partial charge in [-0.15, -0.1) is 0 Å². The van der Waals surface area contributed by atoms with Crippen molar-refractivity contribution in [2.45, 2.75) is 13.0 Å². The molecule has 5 heteroatoms. The predicted molar refractivity (Wildman–Crippen MR) is 57.0 cm³/mol. The maximum Gasteiger partial charge on any atom is 0.254 e. The van der Waals surface area contributed by atoms with Crippen molar-refractivity contribution >= 4 is 29.1 Å². The van der Waals surface area contributed by atoms with Crippen molar-refractivity contribution in [2.24, 2.45) is 0 Å². The Morgan fingerprint density at radius 2 is 2.07 bits per heavy atom. The number of hydrogen-bond donors (Lipinski definition) is 2. The summed E-state index contributed by atoms with van der Waals surface area (Å²) in [7, 11) is 0. The van der Waals surface area contributed by atoms with E-state index in [1.807, 2.05) is 0 Å². The lowest BCUT2D eigenvalue weighted by molar-refractivity contribution is -0.117. The highest BCUT2D eigenvalue weighted by molar-refractivity contribution is 6.31. The van der Waals surface area contributed by atoms with Gasteiger partial charge in [-0.25, -0.2) is 0 Å². The van der Waals surface area contributed by atoms with Crippen molar-refractivity contribution in [2.75, 3.05) is 5.32 Å². The van der Waals surface area contributed by atoms with Crippen LogP contribution < -0.4 is 10.6 Å². The van der Waals surface area contributed by atoms with E-state index in [2.05, 4.69) is 10.6 Å². The fourth-order valence-corrected chi connectivity index (χ4v) is 1.57. The fourth-order valence-electron chi connectivity index (χ4n) is 1.39. The molecule has 1 aromatic rings. The number of hydrogen-bond acceptors (Lipinski definition) is 2. The van der Waals surface area contributed by atoms with Gasteiger partial charge in [-0.1, -0.05) is 11.6 Å². The van der Waals surface area contributed by atoms with Crippen molar-refractivity contribution in [3.8, 4) is 0 Å². The van der Waals surface area contributed by atoms with Gasteiger partial charge in [0.2, 0.25) is 5.91 Å². The molecule has 1 heterocycles. The van der Waals surface area contributed by atoms with Gasteiger partial charge in [-0.2, -0.15) is 0 Å². The van der Waals surface area contributed by atoms with Crippen LogP contribution in [0.25, 0.3) is 0 Å². The lowest BCUT2D eigenvalue weighted by atomic mass is 10.1. The zero-order valence-electron chi connectivity index (χ0n) is 8.00. The summed E-state index contributed by atoms with van der Waals surface area (Å²) in [4.78, 5) is 23.1. The van der Waals surface area contributed by atoms with Crippen molar-refractivity contribution in [3.05, 3.63) is 28.8 Å². The first kappa shape index (κ1) is 9.98. The van der Waals surface area contributed by atoms with Gasteiger partial charge >= 0.3 is 0 Å². The molecule has 0 spiro atoms. The van der Waals surface area contributed by atoms with Crippen LogP contribution in [0.4, 0.5) is 5.69 Å². The Kier molecular flexibility index (Phi) is 2.36. The largest absolute Gasteiger partial charge is 0.340 e. The molecule has 15 heavy (non-hydrogen) atoms. The minimum atomic E-state index is -0.538. The van der Waals surface area contributed by atoms with Crippen LogP contribution >= 0.6 is 11.6 Å². The summed E-state index contributed by atoms with van der Waals surface area (Å²) in [5.41, 5.74) is 0.881. The molecule has 2 amide bonds. The second-order valence-electron chi connectivity index (χ2n) is 3.37. The lowest BCUT2D eigenvalue weighted by Crippen LogP contribution is -2.38. The van der Waals surface area contributed by atoms with Gasteiger partial charge in [0.15, 0.2) is 0 Å². The van der Waals surface area contributed by atoms with Crippen molar-refractivity contribution in [1.82, 2.24) is 5.32 Å². The van der Waals surface area contributed by atoms with Gasteiger partial charge in [0.05, 0.1) is 11.3 Å². The quantitative estimate of drug-likeness (QED) is 0.700. The van der Waals surface area contributed by atoms with Gasteiger partial charge in [0.25, 0.3) is 5.91 Å². The first-order chi connectivity index (χ1) is 7.08. The average molecular weight is 225 g/mol. The molecule has 0 aromatic heterocycles. The van der Waals surface area contributed by atoms with Crippen LogP contribution in [0.5, 0.6) is 0 Å². The van der Waals surface area contributed by atoms with Crippen LogP contribution in [0, 0.1) is 0 Å². The van der Waals surface area contributed by atoms with E-state index in [-0.39, 0.29) is 11.8 Å². The Hall–Kier alpha value is -1.55. The van der Waals surface area contributed by atoms with Crippen molar-refractivity contribution < 1.29 is 9.59 Å². The van der Waals surface area contributed by atoms with Crippen LogP contribution in [0.15, 0.2) is 18.2 Å². The molecule has 0 saturated carbocycles. The van der Waals surface area contributed by atoms with E-state index in [9.17, 15) is 9.59 Å². The van der Waals surface area contributed by atoms with E-state index >= 15 is 0 Å². The number of carbonyl (C=O) groups is 2. The van der Waals surface area contributed by atoms with E-state index in [1.165, 1.54) is 6.07 Å². The minimum absolute atomic E-state index is 0.232. The molecule has 2 rings (SSSR count). The number of benzene rings is 1. The van der Waals surface area contributed by atoms with E-state index < -0.39 is 6.04 Å². The Morgan fingerprint density at radius 3 is 2.80 bits per heavy atom. The van der Waals surface area contributed by atoms with Gasteiger partial charge in [-0.05, 0) is 25.1 Å². The average Bonchev–Trinajstić information content (AvgIpc) is 2.28. The molecule has 1 aromatic carbocycles. The molecule has 1 unspecified atom stereocenters. The summed E-state index contributed by atoms with van der Waals surface area (Å²) in [6.07, 6.45) is 0. The summed E-state index contributed by atoms with van der Waals surface area (Å²) in [5, 5.41) is 5.68. The third-order valence-electron chi connectivity index (χ3n) is 2.22. The summed E-state index contributed by atoms with van der Waals surface area (Å²) in [6.45, 7) is 1.63. The molecule has 4 nitrogen and oxygen atoms in total. The van der Waals surface area contributed by atoms with Gasteiger partial charge < -0.3 is 10.6 Å². The van der Waals surface area contributed by atoms with E-state index in [1.54, 1.807) is 19.1 Å². The van der Waals surface area contributed by atoms with Crippen molar-refractivity contribution in [3.63, 3.8) is 0 Å². The van der Waals surface area contributed by atoms with Crippen LogP contribution in [-0.4, -0.2) is 17.9 Å². The third-order valence-corrected chi connectivity index (χ3v) is 2.46. The molecule has 0 saturated heterocycles. The third kappa shape index (κ3) is 1.80. The molecule has 1 atom stereocenters. The van der Waals surface area contributed by atoms with Gasteiger partial charge in [0, 0.05) is 5.02 Å². The van der Waals surface area contributed by atoms with Crippen LogP contribution in [0.1, 0.15) is 17.3 Å². The highest BCUT2D eigenvalue weighted by atomic mass is 35.5. The monoisotopic (exact) mass is 224 g/mol. The Labute approximate surface area is 91.6 Å². The zero-order valence-corrected chi connectivity index (χ0v) is 8.76. The standard InChI is InChI=1S/C10H9ClN2O2/c1-5-9(14)13-8-3-2-6(11)4-7(8)10(15)12-5/h2-5H,1H3,(H,12,15)(H,13,14). The Bertz CT molecular complexity index is 445. The number of nitrogens with one attached hydrogen (secondary N) is 2. The molecular formula is C10H9ClN2O2. The van der Waals surface area contributed by atoms with E-state index in [0.717, 1.165) is 0 Å². The summed E-state index contributed by atoms with van der Waals surface area (Å²) < 4.78 is 0. The van der Waals surface area contributed by atoms with Crippen LogP contribution in [0.3, 0.4) is 0 Å². The van der Waals surface area contributed by atoms with E-state index in [4.69, 9.17) is 11.6 Å². The first-order valence-electron chi connectivity index (χ1n) is 4.49. The van der Waals surface area contributed by atoms with Gasteiger partial charge in [-0.3, -0.25) is 9.59 Å². The second-order valence-corrected chi connectivity index (χ2v) is 3.81. The predicted octanol–water partition coefficient (Wildman–Crippen LogP) is 1.41. The van der Waals surface area contributed by atoms with E-state index in [0.29, 0.717) is 16.3 Å². The highest BCUT2D eigenvalue weighted by Gasteiger charge is 2.24. The molecule has 0 bridgehead atoms. The Balaban J connectivity index is 2.51. The number of anilines is 1. The number of carbonyl (C=O) groups excluding carboxylic acids is 2. The zero-order chi connectivity index (χ0) is 11.0. The molecule has 0 aliphatic carbocycles. The van der Waals surface area contributed by atoms with Crippen LogP contribution in [0.2, 0.25) is 5.02 Å². The molecular weight excluding hydrogens is 216 g/mol. The number of amides is 2. The topological polar surface area (TPSA) is 58.2 Å². The van der Waals surface area contributed by atoms with Crippen molar-refractivity contribution in [1.29, 1.82) is 0 Å². The second kappa shape index (κ2) is 3.55. The summed E-state index contributed by atoms with van der Waals surface area (Å²) in [6, 6.07) is 4.24. The molecule has 78 valence electrons. The lowest BCUT2D eigenvalue weighted by Gasteiger charge is -2.06. The maximum atomic E-state index is 11.7. The maximum absolute atomic E-state index is 11.7. The number of fused-ring (bicyclic) bond motifs is 1. The van der Waals surface area contributed by atoms with Crippen LogP contribution in [-0.2, 0) is 4.79 Å². The summed E-state index contributed by atoms with van der Waals surface area (Å²) >= 11 is 5.78. The Morgan fingerprint density at radius 1 is 1.33 bits per heavy atom.